The first-order chi connectivity index (χ1) is 20.7. The normalized spacial score (nSPS) is 19.3. The fraction of sp³-hybridized carbons (Fsp3) is 0.567. The van der Waals surface area contributed by atoms with Crippen molar-refractivity contribution in [3.63, 3.8) is 0 Å². The number of ether oxygens (including phenoxy) is 5. The molecule has 1 aliphatic heterocycles. The highest BCUT2D eigenvalue weighted by molar-refractivity contribution is 6.28. The third-order valence-electron chi connectivity index (χ3n) is 7.50. The second-order valence-corrected chi connectivity index (χ2v) is 10.5. The van der Waals surface area contributed by atoms with E-state index >= 15 is 0 Å². The molecule has 2 aromatic heterocycles. The SMILES string of the molecule is C#CCOCCOCCOCCOCCN(c1nc(Cl)nc2c1cnn2C1CCC(CO)O1)C1CCc2ccccc21.O. The summed E-state index contributed by atoms with van der Waals surface area (Å²) in [5, 5.41) is 15.1. The Bertz CT molecular complexity index is 1340. The molecule has 3 aromatic rings. The van der Waals surface area contributed by atoms with Crippen molar-refractivity contribution in [2.24, 2.45) is 0 Å². The van der Waals surface area contributed by atoms with Gasteiger partial charge in [0.15, 0.2) is 11.9 Å². The van der Waals surface area contributed by atoms with Gasteiger partial charge in [0.1, 0.15) is 12.4 Å². The monoisotopic (exact) mass is 617 g/mol. The number of rotatable bonds is 17. The predicted molar refractivity (Wildman–Crippen MR) is 161 cm³/mol. The summed E-state index contributed by atoms with van der Waals surface area (Å²) < 4.78 is 30.0. The van der Waals surface area contributed by atoms with Gasteiger partial charge in [-0.2, -0.15) is 15.1 Å². The van der Waals surface area contributed by atoms with E-state index in [-0.39, 0.29) is 35.7 Å². The molecule has 3 atom stereocenters. The third kappa shape index (κ3) is 8.41. The minimum Gasteiger partial charge on any atom is -0.412 e. The Morgan fingerprint density at radius 2 is 1.72 bits per heavy atom. The lowest BCUT2D eigenvalue weighted by Gasteiger charge is -2.31. The van der Waals surface area contributed by atoms with Crippen molar-refractivity contribution in [3.8, 4) is 12.3 Å². The molecule has 12 nitrogen and oxygen atoms in total. The first-order valence-electron chi connectivity index (χ1n) is 14.5. The van der Waals surface area contributed by atoms with Crippen molar-refractivity contribution in [1.82, 2.24) is 19.7 Å². The number of halogens is 1. The zero-order valence-corrected chi connectivity index (χ0v) is 25.0. The standard InChI is InChI=1S/C30H38ClN5O6.H2O/c1-2-12-38-14-16-40-18-19-41-17-15-39-13-11-35(26-9-7-22-5-3-4-6-24(22)26)28-25-20-32-36(29(25)34-30(31)33-28)27-10-8-23(21-37)42-27;/h1,3-6,20,23,26-27,37H,7-19,21H2;1H2. The highest BCUT2D eigenvalue weighted by Gasteiger charge is 2.32. The molecule has 0 spiro atoms. The molecule has 1 aromatic carbocycles. The summed E-state index contributed by atoms with van der Waals surface area (Å²) in [6.45, 7) is 4.20. The number of aliphatic hydroxyl groups is 1. The average Bonchev–Trinajstić information content (AvgIpc) is 3.75. The van der Waals surface area contributed by atoms with Gasteiger partial charge in [0.25, 0.3) is 0 Å². The van der Waals surface area contributed by atoms with Gasteiger partial charge in [0, 0.05) is 6.54 Å². The highest BCUT2D eigenvalue weighted by atomic mass is 35.5. The predicted octanol–water partition coefficient (Wildman–Crippen LogP) is 2.52. The van der Waals surface area contributed by atoms with Gasteiger partial charge in [0.2, 0.25) is 5.28 Å². The van der Waals surface area contributed by atoms with Gasteiger partial charge in [-0.15, -0.1) is 6.42 Å². The molecule has 43 heavy (non-hydrogen) atoms. The van der Waals surface area contributed by atoms with Crippen LogP contribution in [-0.2, 0) is 30.1 Å². The fourth-order valence-corrected chi connectivity index (χ4v) is 5.70. The molecule has 0 saturated carbocycles. The van der Waals surface area contributed by atoms with Crippen molar-refractivity contribution >= 4 is 28.5 Å². The van der Waals surface area contributed by atoms with Crippen molar-refractivity contribution in [2.75, 3.05) is 70.9 Å². The van der Waals surface area contributed by atoms with Crippen LogP contribution in [0.5, 0.6) is 0 Å². The van der Waals surface area contributed by atoms with Gasteiger partial charge in [-0.1, -0.05) is 30.2 Å². The first-order valence-corrected chi connectivity index (χ1v) is 14.8. The molecule has 1 aliphatic carbocycles. The number of hydrogen-bond acceptors (Lipinski definition) is 10. The molecule has 0 amide bonds. The minimum atomic E-state index is -0.311. The highest BCUT2D eigenvalue weighted by Crippen LogP contribution is 2.40. The molecule has 3 N–H and O–H groups in total. The van der Waals surface area contributed by atoms with E-state index < -0.39 is 0 Å². The Hall–Kier alpha value is -2.86. The van der Waals surface area contributed by atoms with Crippen molar-refractivity contribution in [1.29, 1.82) is 0 Å². The van der Waals surface area contributed by atoms with Crippen molar-refractivity contribution in [3.05, 3.63) is 46.9 Å². The van der Waals surface area contributed by atoms with Crippen LogP contribution in [0.25, 0.3) is 11.0 Å². The van der Waals surface area contributed by atoms with Crippen LogP contribution in [0.1, 0.15) is 42.7 Å². The van der Waals surface area contributed by atoms with E-state index in [1.54, 1.807) is 10.9 Å². The van der Waals surface area contributed by atoms with Gasteiger partial charge in [-0.3, -0.25) is 0 Å². The quantitative estimate of drug-likeness (QED) is 0.136. The molecule has 1 fully saturated rings. The van der Waals surface area contributed by atoms with Crippen LogP contribution in [-0.4, -0.2) is 102 Å². The molecule has 0 radical (unpaired) electrons. The Balaban J connectivity index is 0.00000423. The number of benzene rings is 1. The number of nitrogens with zero attached hydrogens (tertiary/aromatic N) is 5. The van der Waals surface area contributed by atoms with Crippen LogP contribution < -0.4 is 4.90 Å². The van der Waals surface area contributed by atoms with Crippen LogP contribution in [0.2, 0.25) is 5.28 Å². The second kappa shape index (κ2) is 16.8. The lowest BCUT2D eigenvalue weighted by molar-refractivity contribution is -0.0262. The number of aryl methyl sites for hydroxylation is 1. The van der Waals surface area contributed by atoms with E-state index in [1.165, 1.54) is 11.1 Å². The maximum Gasteiger partial charge on any atom is 0.226 e. The number of terminal acetylenes is 1. The smallest absolute Gasteiger partial charge is 0.226 e. The first kappa shape index (κ1) is 33.0. The Labute approximate surface area is 256 Å². The lowest BCUT2D eigenvalue weighted by atomic mass is 10.1. The molecule has 13 heteroatoms. The van der Waals surface area contributed by atoms with Crippen LogP contribution in [0.15, 0.2) is 30.5 Å². The van der Waals surface area contributed by atoms with Crippen LogP contribution in [0, 0.1) is 12.3 Å². The average molecular weight is 618 g/mol. The molecule has 3 heterocycles. The van der Waals surface area contributed by atoms with E-state index in [0.717, 1.165) is 36.9 Å². The van der Waals surface area contributed by atoms with Gasteiger partial charge in [0.05, 0.1) is 76.6 Å². The number of hydrogen-bond donors (Lipinski definition) is 1. The minimum absolute atomic E-state index is 0. The fourth-order valence-electron chi connectivity index (χ4n) is 5.54. The van der Waals surface area contributed by atoms with E-state index in [9.17, 15) is 5.11 Å². The summed E-state index contributed by atoms with van der Waals surface area (Å²) in [5.74, 6) is 3.14. The van der Waals surface area contributed by atoms with E-state index in [0.29, 0.717) is 65.0 Å². The summed E-state index contributed by atoms with van der Waals surface area (Å²) in [6, 6.07) is 8.64. The van der Waals surface area contributed by atoms with E-state index in [1.807, 2.05) is 0 Å². The maximum atomic E-state index is 9.53. The van der Waals surface area contributed by atoms with Gasteiger partial charge in [-0.25, -0.2) is 4.68 Å². The number of aromatic nitrogens is 4. The maximum absolute atomic E-state index is 9.53. The molecule has 5 rings (SSSR count). The van der Waals surface area contributed by atoms with Crippen molar-refractivity contribution in [2.45, 2.75) is 44.1 Å². The molecule has 1 saturated heterocycles. The molecular weight excluding hydrogens is 578 g/mol. The van der Waals surface area contributed by atoms with Gasteiger partial charge >= 0.3 is 0 Å². The van der Waals surface area contributed by atoms with Crippen LogP contribution in [0.4, 0.5) is 5.82 Å². The molecule has 2 aliphatic rings. The third-order valence-corrected chi connectivity index (χ3v) is 7.66. The molecule has 3 unspecified atom stereocenters. The zero-order valence-electron chi connectivity index (χ0n) is 24.2. The summed E-state index contributed by atoms with van der Waals surface area (Å²) in [5.41, 5.74) is 3.24. The summed E-state index contributed by atoms with van der Waals surface area (Å²) in [4.78, 5) is 11.5. The number of fused-ring (bicyclic) bond motifs is 2. The van der Waals surface area contributed by atoms with E-state index in [4.69, 9.17) is 46.7 Å². The molecular formula is C30H40ClN5O7. The topological polar surface area (TPSA) is 145 Å². The largest absolute Gasteiger partial charge is 0.412 e. The van der Waals surface area contributed by atoms with E-state index in [2.05, 4.69) is 45.2 Å². The summed E-state index contributed by atoms with van der Waals surface area (Å²) >= 11 is 6.51. The Kier molecular flexibility index (Phi) is 12.9. The Morgan fingerprint density at radius 1 is 1.00 bits per heavy atom. The summed E-state index contributed by atoms with van der Waals surface area (Å²) in [6.07, 6.45) is 9.85. The van der Waals surface area contributed by atoms with Gasteiger partial charge < -0.3 is 39.2 Å². The van der Waals surface area contributed by atoms with Crippen LogP contribution >= 0.6 is 11.6 Å². The number of anilines is 1. The molecule has 234 valence electrons. The van der Waals surface area contributed by atoms with Crippen molar-refractivity contribution < 1.29 is 34.3 Å². The summed E-state index contributed by atoms with van der Waals surface area (Å²) in [7, 11) is 0. The molecule has 0 bridgehead atoms. The zero-order chi connectivity index (χ0) is 29.1. The second-order valence-electron chi connectivity index (χ2n) is 10.2. The van der Waals surface area contributed by atoms with Crippen LogP contribution in [0.3, 0.4) is 0 Å². The lowest BCUT2D eigenvalue weighted by Crippen LogP contribution is -2.32. The van der Waals surface area contributed by atoms with Gasteiger partial charge in [-0.05, 0) is 48.4 Å². The Morgan fingerprint density at radius 3 is 2.44 bits per heavy atom. The number of aliphatic hydroxyl groups excluding tert-OH is 1.